The molecular weight excluding hydrogens is 442 g/mol. The number of nitro benzene ring substituents is 1. The standard InChI is InChI=1S/C25H20ClN3O2S/c26-21-12-3-4-13-22(21)27-25-28(23-14-6-8-17-7-1-2-11-20(17)23)24(16-32-25)18-9-5-10-19(15-18)29(30)31/h1-5,7,9-13,15-16,23H,6,8,14H2. The average Bonchev–Trinajstić information content (AvgIpc) is 3.23. The highest BCUT2D eigenvalue weighted by atomic mass is 35.5. The first-order valence-electron chi connectivity index (χ1n) is 10.4. The highest BCUT2D eigenvalue weighted by Gasteiger charge is 2.25. The number of nitrogens with zero attached hydrogens (tertiary/aromatic N) is 3. The maximum absolute atomic E-state index is 11.4. The fourth-order valence-electron chi connectivity index (χ4n) is 4.33. The third kappa shape index (κ3) is 3.87. The number of non-ortho nitro benzene ring substituents is 1. The smallest absolute Gasteiger partial charge is 0.270 e. The van der Waals surface area contributed by atoms with Gasteiger partial charge in [-0.25, -0.2) is 4.99 Å². The Morgan fingerprint density at radius 2 is 1.88 bits per heavy atom. The first kappa shape index (κ1) is 20.7. The number of para-hydroxylation sites is 1. The number of nitro groups is 1. The number of benzene rings is 3. The average molecular weight is 462 g/mol. The monoisotopic (exact) mass is 461 g/mol. The van der Waals surface area contributed by atoms with E-state index in [1.165, 1.54) is 28.5 Å². The number of aromatic nitrogens is 1. The van der Waals surface area contributed by atoms with Crippen LogP contribution in [0.2, 0.25) is 5.02 Å². The zero-order valence-corrected chi connectivity index (χ0v) is 18.7. The molecule has 1 atom stereocenters. The summed E-state index contributed by atoms with van der Waals surface area (Å²) in [7, 11) is 0. The second-order valence-corrected chi connectivity index (χ2v) is 8.99. The van der Waals surface area contributed by atoms with Crippen molar-refractivity contribution >= 4 is 34.3 Å². The van der Waals surface area contributed by atoms with Crippen LogP contribution in [-0.2, 0) is 6.42 Å². The molecule has 1 aliphatic carbocycles. The Labute approximate surface area is 194 Å². The number of halogens is 1. The lowest BCUT2D eigenvalue weighted by Crippen LogP contribution is -2.26. The molecule has 0 spiro atoms. The summed E-state index contributed by atoms with van der Waals surface area (Å²) in [6.07, 6.45) is 3.11. The van der Waals surface area contributed by atoms with Crippen LogP contribution in [0.3, 0.4) is 0 Å². The van der Waals surface area contributed by atoms with Gasteiger partial charge < -0.3 is 4.57 Å². The maximum Gasteiger partial charge on any atom is 0.270 e. The summed E-state index contributed by atoms with van der Waals surface area (Å²) in [5, 5.41) is 14.0. The van der Waals surface area contributed by atoms with E-state index < -0.39 is 0 Å². The van der Waals surface area contributed by atoms with Gasteiger partial charge in [0.1, 0.15) is 0 Å². The van der Waals surface area contributed by atoms with E-state index in [4.69, 9.17) is 16.6 Å². The predicted molar refractivity (Wildman–Crippen MR) is 129 cm³/mol. The molecule has 0 saturated carbocycles. The van der Waals surface area contributed by atoms with E-state index in [1.807, 2.05) is 35.7 Å². The molecular formula is C25H20ClN3O2S. The van der Waals surface area contributed by atoms with Crippen LogP contribution in [0, 0.1) is 10.1 Å². The molecule has 160 valence electrons. The number of aryl methyl sites for hydroxylation is 1. The number of hydrogen-bond acceptors (Lipinski definition) is 4. The zero-order chi connectivity index (χ0) is 22.1. The lowest BCUT2D eigenvalue weighted by molar-refractivity contribution is -0.384. The molecule has 0 saturated heterocycles. The van der Waals surface area contributed by atoms with Crippen molar-refractivity contribution in [2.75, 3.05) is 0 Å². The molecule has 5 nitrogen and oxygen atoms in total. The SMILES string of the molecule is O=[N+]([O-])c1cccc(-c2csc(=Nc3ccccc3Cl)n2C2CCCc3ccccc32)c1. The van der Waals surface area contributed by atoms with Crippen LogP contribution >= 0.6 is 22.9 Å². The Morgan fingerprint density at radius 1 is 1.06 bits per heavy atom. The zero-order valence-electron chi connectivity index (χ0n) is 17.1. The maximum atomic E-state index is 11.4. The highest BCUT2D eigenvalue weighted by Crippen LogP contribution is 2.36. The molecule has 5 rings (SSSR count). The van der Waals surface area contributed by atoms with Gasteiger partial charge in [0.25, 0.3) is 5.69 Å². The minimum Gasteiger partial charge on any atom is -0.309 e. The summed E-state index contributed by atoms with van der Waals surface area (Å²) in [4.78, 5) is 16.8. The van der Waals surface area contributed by atoms with Crippen LogP contribution < -0.4 is 4.80 Å². The molecule has 0 radical (unpaired) electrons. The van der Waals surface area contributed by atoms with Gasteiger partial charge in [-0.3, -0.25) is 10.1 Å². The second kappa shape index (κ2) is 8.73. The summed E-state index contributed by atoms with van der Waals surface area (Å²) in [6.45, 7) is 0. The Bertz CT molecular complexity index is 1380. The van der Waals surface area contributed by atoms with Gasteiger partial charge in [-0.15, -0.1) is 11.3 Å². The molecule has 1 heterocycles. The van der Waals surface area contributed by atoms with Crippen LogP contribution in [0.1, 0.15) is 30.0 Å². The van der Waals surface area contributed by atoms with Crippen LogP contribution in [0.4, 0.5) is 11.4 Å². The first-order valence-corrected chi connectivity index (χ1v) is 11.7. The van der Waals surface area contributed by atoms with E-state index in [-0.39, 0.29) is 16.7 Å². The summed E-state index contributed by atoms with van der Waals surface area (Å²) in [5.41, 5.74) is 5.14. The summed E-state index contributed by atoms with van der Waals surface area (Å²) >= 11 is 7.92. The molecule has 0 aliphatic heterocycles. The molecule has 7 heteroatoms. The quantitative estimate of drug-likeness (QED) is 0.244. The molecule has 1 unspecified atom stereocenters. The number of hydrogen-bond donors (Lipinski definition) is 0. The molecule has 32 heavy (non-hydrogen) atoms. The Morgan fingerprint density at radius 3 is 2.72 bits per heavy atom. The van der Waals surface area contributed by atoms with Crippen molar-refractivity contribution in [2.45, 2.75) is 25.3 Å². The van der Waals surface area contributed by atoms with Gasteiger partial charge in [0.2, 0.25) is 0 Å². The lowest BCUT2D eigenvalue weighted by atomic mass is 9.87. The van der Waals surface area contributed by atoms with Crippen molar-refractivity contribution in [1.82, 2.24) is 4.57 Å². The van der Waals surface area contributed by atoms with Crippen molar-refractivity contribution in [3.05, 3.63) is 109 Å². The third-order valence-electron chi connectivity index (χ3n) is 5.81. The van der Waals surface area contributed by atoms with E-state index in [1.54, 1.807) is 12.1 Å². The highest BCUT2D eigenvalue weighted by molar-refractivity contribution is 7.07. The van der Waals surface area contributed by atoms with Gasteiger partial charge in [0.05, 0.1) is 27.4 Å². The molecule has 1 aliphatic rings. The van der Waals surface area contributed by atoms with Crippen LogP contribution in [0.15, 0.2) is 83.2 Å². The number of rotatable bonds is 4. The van der Waals surface area contributed by atoms with E-state index in [9.17, 15) is 10.1 Å². The van der Waals surface area contributed by atoms with Gasteiger partial charge in [0, 0.05) is 23.1 Å². The van der Waals surface area contributed by atoms with Crippen molar-refractivity contribution in [2.24, 2.45) is 4.99 Å². The third-order valence-corrected chi connectivity index (χ3v) is 6.97. The molecule has 0 fully saturated rings. The normalized spacial score (nSPS) is 16.0. The van der Waals surface area contributed by atoms with E-state index >= 15 is 0 Å². The van der Waals surface area contributed by atoms with Crippen molar-refractivity contribution in [3.8, 4) is 11.3 Å². The first-order chi connectivity index (χ1) is 15.6. The minimum absolute atomic E-state index is 0.0777. The van der Waals surface area contributed by atoms with Gasteiger partial charge >= 0.3 is 0 Å². The van der Waals surface area contributed by atoms with Crippen molar-refractivity contribution in [3.63, 3.8) is 0 Å². The van der Waals surface area contributed by atoms with Gasteiger partial charge in [0.15, 0.2) is 4.80 Å². The fraction of sp³-hybridized carbons (Fsp3) is 0.160. The second-order valence-electron chi connectivity index (χ2n) is 7.75. The number of fused-ring (bicyclic) bond motifs is 1. The van der Waals surface area contributed by atoms with Crippen LogP contribution in [-0.4, -0.2) is 9.49 Å². The van der Waals surface area contributed by atoms with Gasteiger partial charge in [-0.1, -0.05) is 60.1 Å². The molecule has 0 N–H and O–H groups in total. The molecule has 0 amide bonds. The largest absolute Gasteiger partial charge is 0.309 e. The Hall–Kier alpha value is -3.22. The summed E-state index contributed by atoms with van der Waals surface area (Å²) < 4.78 is 2.23. The lowest BCUT2D eigenvalue weighted by Gasteiger charge is -2.28. The van der Waals surface area contributed by atoms with Gasteiger partial charge in [-0.2, -0.15) is 0 Å². The van der Waals surface area contributed by atoms with E-state index in [2.05, 4.69) is 28.8 Å². The van der Waals surface area contributed by atoms with Crippen molar-refractivity contribution in [1.29, 1.82) is 0 Å². The van der Waals surface area contributed by atoms with E-state index in [0.29, 0.717) is 10.7 Å². The topological polar surface area (TPSA) is 60.4 Å². The molecule has 4 aromatic rings. The predicted octanol–water partition coefficient (Wildman–Crippen LogP) is 6.94. The van der Waals surface area contributed by atoms with E-state index in [0.717, 1.165) is 35.3 Å². The molecule has 3 aromatic carbocycles. The van der Waals surface area contributed by atoms with Crippen LogP contribution in [0.5, 0.6) is 0 Å². The Kier molecular flexibility index (Phi) is 5.64. The summed E-state index contributed by atoms with van der Waals surface area (Å²) in [5.74, 6) is 0. The fourth-order valence-corrected chi connectivity index (χ4v) is 5.47. The van der Waals surface area contributed by atoms with Crippen molar-refractivity contribution < 1.29 is 4.92 Å². The Balaban J connectivity index is 1.75. The summed E-state index contributed by atoms with van der Waals surface area (Å²) in [6, 6.07) is 22.9. The van der Waals surface area contributed by atoms with Gasteiger partial charge in [-0.05, 0) is 42.5 Å². The van der Waals surface area contributed by atoms with Crippen LogP contribution in [0.25, 0.3) is 11.3 Å². The number of thiazole rings is 1. The molecule has 0 bridgehead atoms. The molecule has 1 aromatic heterocycles. The minimum atomic E-state index is -0.356.